The molecule has 136 valence electrons. The predicted octanol–water partition coefficient (Wildman–Crippen LogP) is 2.58. The molecule has 6 nitrogen and oxygen atoms in total. The molecule has 1 saturated heterocycles. The van der Waals surface area contributed by atoms with Crippen LogP contribution in [0.1, 0.15) is 17.4 Å². The number of benzene rings is 1. The van der Waals surface area contributed by atoms with Gasteiger partial charge in [-0.15, -0.1) is 11.3 Å². The fourth-order valence-corrected chi connectivity index (χ4v) is 4.60. The van der Waals surface area contributed by atoms with Gasteiger partial charge in [0.05, 0.1) is 6.54 Å². The molecule has 0 saturated carbocycles. The van der Waals surface area contributed by atoms with E-state index in [9.17, 15) is 9.90 Å². The number of aromatic nitrogens is 2. The molecular formula is C19H22N4O2S. The second-order valence-electron chi connectivity index (χ2n) is 6.69. The Bertz CT molecular complexity index is 911. The van der Waals surface area contributed by atoms with Crippen LogP contribution in [0.3, 0.4) is 0 Å². The Labute approximate surface area is 156 Å². The lowest BCUT2D eigenvalue weighted by Gasteiger charge is -2.37. The quantitative estimate of drug-likeness (QED) is 0.748. The van der Waals surface area contributed by atoms with Crippen LogP contribution in [0.4, 0.5) is 0 Å². The molecule has 2 aromatic heterocycles. The third kappa shape index (κ3) is 3.25. The molecule has 0 aliphatic carbocycles. The number of carboxylic acid groups (broad SMARTS) is 1. The number of imidazole rings is 1. The average Bonchev–Trinajstić information content (AvgIpc) is 3.24. The lowest BCUT2D eigenvalue weighted by molar-refractivity contribution is -0.144. The molecule has 1 aliphatic rings. The van der Waals surface area contributed by atoms with Crippen molar-refractivity contribution in [2.45, 2.75) is 12.6 Å². The van der Waals surface area contributed by atoms with E-state index in [1.54, 1.807) is 11.3 Å². The number of carboxylic acids is 1. The van der Waals surface area contributed by atoms with Gasteiger partial charge in [0.1, 0.15) is 11.9 Å². The summed E-state index contributed by atoms with van der Waals surface area (Å²) in [6.45, 7) is 3.98. The van der Waals surface area contributed by atoms with Gasteiger partial charge in [0.25, 0.3) is 0 Å². The number of carbonyl (C=O) groups is 1. The van der Waals surface area contributed by atoms with Crippen molar-refractivity contribution in [3.63, 3.8) is 0 Å². The predicted molar refractivity (Wildman–Crippen MR) is 102 cm³/mol. The van der Waals surface area contributed by atoms with Gasteiger partial charge in [0.2, 0.25) is 0 Å². The highest BCUT2D eigenvalue weighted by molar-refractivity contribution is 7.17. The second kappa shape index (κ2) is 7.19. The lowest BCUT2D eigenvalue weighted by atomic mass is 10.0. The van der Waals surface area contributed by atoms with Crippen LogP contribution in [-0.2, 0) is 18.4 Å². The molecular weight excluding hydrogens is 348 g/mol. The Kier molecular flexibility index (Phi) is 4.76. The van der Waals surface area contributed by atoms with Gasteiger partial charge in [-0.3, -0.25) is 14.6 Å². The Morgan fingerprint density at radius 2 is 2.04 bits per heavy atom. The van der Waals surface area contributed by atoms with E-state index in [0.717, 1.165) is 54.2 Å². The van der Waals surface area contributed by atoms with E-state index in [4.69, 9.17) is 0 Å². The normalized spacial score (nSPS) is 17.6. The first-order valence-electron chi connectivity index (χ1n) is 8.75. The first-order valence-corrected chi connectivity index (χ1v) is 9.63. The van der Waals surface area contributed by atoms with Gasteiger partial charge in [-0.2, -0.15) is 0 Å². The van der Waals surface area contributed by atoms with Gasteiger partial charge >= 0.3 is 5.97 Å². The Morgan fingerprint density at radius 1 is 1.27 bits per heavy atom. The highest BCUT2D eigenvalue weighted by Gasteiger charge is 2.32. The maximum Gasteiger partial charge on any atom is 0.325 e. The summed E-state index contributed by atoms with van der Waals surface area (Å²) in [5.74, 6) is 0.267. The maximum atomic E-state index is 12.1. The number of aryl methyl sites for hydroxylation is 1. The Hall–Kier alpha value is -2.22. The van der Waals surface area contributed by atoms with Gasteiger partial charge < -0.3 is 9.67 Å². The molecule has 1 aliphatic heterocycles. The molecule has 3 aromatic rings. The maximum absolute atomic E-state index is 12.1. The number of hydrogen-bond acceptors (Lipinski definition) is 5. The van der Waals surface area contributed by atoms with Gasteiger partial charge in [-0.05, 0) is 22.4 Å². The SMILES string of the molecule is Cn1ccnc1CN1CCN(C(C(=O)O)c2csc3ccccc23)CC1. The zero-order valence-corrected chi connectivity index (χ0v) is 15.5. The molecule has 1 unspecified atom stereocenters. The molecule has 0 spiro atoms. The number of thiophene rings is 1. The van der Waals surface area contributed by atoms with E-state index in [-0.39, 0.29) is 0 Å². The van der Waals surface area contributed by atoms with E-state index in [1.165, 1.54) is 0 Å². The summed E-state index contributed by atoms with van der Waals surface area (Å²) in [6.07, 6.45) is 3.77. The van der Waals surface area contributed by atoms with Crippen LogP contribution in [0.25, 0.3) is 10.1 Å². The summed E-state index contributed by atoms with van der Waals surface area (Å²) >= 11 is 1.62. The fraction of sp³-hybridized carbons (Fsp3) is 0.368. The number of hydrogen-bond donors (Lipinski definition) is 1. The Balaban J connectivity index is 1.49. The molecule has 1 N–H and O–H groups in total. The van der Waals surface area contributed by atoms with E-state index in [2.05, 4.69) is 14.8 Å². The van der Waals surface area contributed by atoms with Gasteiger partial charge in [-0.1, -0.05) is 18.2 Å². The molecule has 0 amide bonds. The number of piperazine rings is 1. The summed E-state index contributed by atoms with van der Waals surface area (Å²) in [7, 11) is 2.00. The van der Waals surface area contributed by atoms with Crippen molar-refractivity contribution in [2.75, 3.05) is 26.2 Å². The van der Waals surface area contributed by atoms with Crippen LogP contribution in [0.2, 0.25) is 0 Å². The minimum Gasteiger partial charge on any atom is -0.480 e. The van der Waals surface area contributed by atoms with Crippen LogP contribution in [0, 0.1) is 0 Å². The van der Waals surface area contributed by atoms with E-state index < -0.39 is 12.0 Å². The van der Waals surface area contributed by atoms with Crippen LogP contribution in [0.5, 0.6) is 0 Å². The molecule has 0 bridgehead atoms. The van der Waals surface area contributed by atoms with Crippen LogP contribution in [-0.4, -0.2) is 56.6 Å². The summed E-state index contributed by atoms with van der Waals surface area (Å²) in [5, 5.41) is 13.0. The Morgan fingerprint density at radius 3 is 2.73 bits per heavy atom. The molecule has 0 radical (unpaired) electrons. The molecule has 4 rings (SSSR count). The first-order chi connectivity index (χ1) is 12.6. The minimum absolute atomic E-state index is 0.582. The summed E-state index contributed by atoms with van der Waals surface area (Å²) in [4.78, 5) is 20.9. The molecule has 1 atom stereocenters. The molecule has 1 aromatic carbocycles. The summed E-state index contributed by atoms with van der Waals surface area (Å²) in [6, 6.07) is 7.46. The number of nitrogens with zero attached hydrogens (tertiary/aromatic N) is 4. The van der Waals surface area contributed by atoms with Gasteiger partial charge in [0.15, 0.2) is 0 Å². The van der Waals surface area contributed by atoms with Crippen LogP contribution >= 0.6 is 11.3 Å². The monoisotopic (exact) mass is 370 g/mol. The van der Waals surface area contributed by atoms with Crippen molar-refractivity contribution in [3.8, 4) is 0 Å². The van der Waals surface area contributed by atoms with Crippen molar-refractivity contribution in [1.82, 2.24) is 19.4 Å². The van der Waals surface area contributed by atoms with Gasteiger partial charge in [0, 0.05) is 50.3 Å². The molecule has 1 fully saturated rings. The highest BCUT2D eigenvalue weighted by Crippen LogP contribution is 2.33. The fourth-order valence-electron chi connectivity index (χ4n) is 3.62. The minimum atomic E-state index is -0.772. The molecule has 26 heavy (non-hydrogen) atoms. The van der Waals surface area contributed by atoms with Crippen LogP contribution < -0.4 is 0 Å². The first kappa shape index (κ1) is 17.2. The van der Waals surface area contributed by atoms with Crippen molar-refractivity contribution in [2.24, 2.45) is 7.05 Å². The van der Waals surface area contributed by atoms with Crippen LogP contribution in [0.15, 0.2) is 42.0 Å². The van der Waals surface area contributed by atoms with Crippen molar-refractivity contribution >= 4 is 27.4 Å². The molecule has 7 heteroatoms. The third-order valence-electron chi connectivity index (χ3n) is 5.10. The topological polar surface area (TPSA) is 61.6 Å². The molecule has 3 heterocycles. The average molecular weight is 370 g/mol. The second-order valence-corrected chi connectivity index (χ2v) is 7.61. The zero-order chi connectivity index (χ0) is 18.1. The van der Waals surface area contributed by atoms with E-state index in [0.29, 0.717) is 0 Å². The standard InChI is InChI=1S/C19H22N4O2S/c1-21-7-6-20-17(21)12-22-8-10-23(11-9-22)18(19(24)25)15-13-26-16-5-3-2-4-14(15)16/h2-7,13,18H,8-12H2,1H3,(H,24,25). The highest BCUT2D eigenvalue weighted by atomic mass is 32.1. The summed E-state index contributed by atoms with van der Waals surface area (Å²) < 4.78 is 3.17. The van der Waals surface area contributed by atoms with Crippen molar-refractivity contribution in [1.29, 1.82) is 0 Å². The number of fused-ring (bicyclic) bond motifs is 1. The van der Waals surface area contributed by atoms with E-state index in [1.807, 2.05) is 53.7 Å². The summed E-state index contributed by atoms with van der Waals surface area (Å²) in [5.41, 5.74) is 0.913. The largest absolute Gasteiger partial charge is 0.480 e. The number of aliphatic carboxylic acids is 1. The third-order valence-corrected chi connectivity index (χ3v) is 6.08. The van der Waals surface area contributed by atoms with Crippen molar-refractivity contribution < 1.29 is 9.90 Å². The van der Waals surface area contributed by atoms with Gasteiger partial charge in [-0.25, -0.2) is 4.98 Å². The zero-order valence-electron chi connectivity index (χ0n) is 14.7. The number of rotatable bonds is 5. The van der Waals surface area contributed by atoms with Crippen molar-refractivity contribution in [3.05, 3.63) is 53.4 Å². The van der Waals surface area contributed by atoms with E-state index >= 15 is 0 Å². The smallest absolute Gasteiger partial charge is 0.325 e. The lowest BCUT2D eigenvalue weighted by Crippen LogP contribution is -2.49.